The van der Waals surface area contributed by atoms with Gasteiger partial charge < -0.3 is 5.32 Å². The number of hydrogen-bond donors (Lipinski definition) is 1. The van der Waals surface area contributed by atoms with E-state index in [-0.39, 0.29) is 58.8 Å². The van der Waals surface area contributed by atoms with E-state index in [0.29, 0.717) is 0 Å². The number of nitrogens with zero attached hydrogens (tertiary/aromatic N) is 2. The van der Waals surface area contributed by atoms with Gasteiger partial charge >= 0.3 is 33.3 Å². The minimum atomic E-state index is 0.0270. The third-order valence-corrected chi connectivity index (χ3v) is 7.64. The number of alkyl halides is 4. The molecule has 0 bridgehead atoms. The van der Waals surface area contributed by atoms with Crippen molar-refractivity contribution in [3.63, 3.8) is 0 Å². The van der Waals surface area contributed by atoms with Gasteiger partial charge in [0.05, 0.1) is 33.6 Å². The van der Waals surface area contributed by atoms with Crippen molar-refractivity contribution in [2.45, 2.75) is 103 Å². The van der Waals surface area contributed by atoms with E-state index < -0.39 is 0 Å². The van der Waals surface area contributed by atoms with E-state index >= 15 is 0 Å². The first-order chi connectivity index (χ1) is 14.0. The molecule has 0 aromatic carbocycles. The van der Waals surface area contributed by atoms with Crippen LogP contribution in [0.25, 0.3) is 0 Å². The molecule has 10 heteroatoms. The van der Waals surface area contributed by atoms with Crippen LogP contribution in [0.3, 0.4) is 0 Å². The van der Waals surface area contributed by atoms with Crippen molar-refractivity contribution in [1.82, 2.24) is 5.32 Å². The van der Waals surface area contributed by atoms with Gasteiger partial charge in [-0.15, -0.1) is 46.4 Å². The van der Waals surface area contributed by atoms with Crippen LogP contribution in [-0.2, 0) is 13.1 Å². The Kier molecular flexibility index (Phi) is 13.5. The minimum absolute atomic E-state index is 0.0270. The van der Waals surface area contributed by atoms with Crippen molar-refractivity contribution in [1.29, 1.82) is 0 Å². The van der Waals surface area contributed by atoms with Crippen LogP contribution < -0.4 is 5.32 Å². The number of nitrogens with one attached hydrogen (secondary N) is 1. The Morgan fingerprint density at radius 1 is 0.621 bits per heavy atom. The van der Waals surface area contributed by atoms with E-state index in [9.17, 15) is 0 Å². The second-order valence-electron chi connectivity index (χ2n) is 7.86. The molecular formula is C19H29Cl6FeN3. The Morgan fingerprint density at radius 2 is 0.931 bits per heavy atom. The monoisotopic (exact) mass is 565 g/mol. The van der Waals surface area contributed by atoms with Gasteiger partial charge in [0.15, 0.2) is 0 Å². The standard InChI is InChI=1S/C19H29Cl4N3.2ClH.Fe/c20-14-6-2-7-15(21)18(14)24-10-12-4-1-5-13(26-12)11-25-19-16(22)8-3-9-17(19)23;;;/h10-19,26H,1-9H2;2*1H;/q;;;+2/p-2. The average molecular weight is 568 g/mol. The summed E-state index contributed by atoms with van der Waals surface area (Å²) in [6, 6.07) is 0.554. The Bertz CT molecular complexity index is 464. The van der Waals surface area contributed by atoms with Crippen LogP contribution in [0.15, 0.2) is 9.98 Å². The van der Waals surface area contributed by atoms with Gasteiger partial charge in [-0.2, -0.15) is 0 Å². The number of aliphatic imine (C=N–C) groups is 2. The van der Waals surface area contributed by atoms with E-state index in [2.05, 4.69) is 5.32 Å². The van der Waals surface area contributed by atoms with Crippen molar-refractivity contribution in [2.75, 3.05) is 0 Å². The molecule has 1 saturated heterocycles. The zero-order valence-corrected chi connectivity index (χ0v) is 21.8. The maximum atomic E-state index is 6.42. The van der Waals surface area contributed by atoms with E-state index in [4.69, 9.17) is 76.6 Å². The van der Waals surface area contributed by atoms with Crippen LogP contribution in [0.5, 0.6) is 0 Å². The zero-order chi connectivity index (χ0) is 21.2. The molecule has 3 rings (SSSR count). The van der Waals surface area contributed by atoms with Crippen molar-refractivity contribution >= 4 is 79.0 Å². The average Bonchev–Trinajstić information content (AvgIpc) is 2.68. The number of hydrogen-bond acceptors (Lipinski definition) is 3. The first-order valence-electron chi connectivity index (χ1n) is 10.2. The molecule has 6 unspecified atom stereocenters. The predicted molar refractivity (Wildman–Crippen MR) is 127 cm³/mol. The molecule has 3 fully saturated rings. The zero-order valence-electron chi connectivity index (χ0n) is 16.2. The second-order valence-corrected chi connectivity index (χ2v) is 11.9. The van der Waals surface area contributed by atoms with Gasteiger partial charge in [-0.25, -0.2) is 0 Å². The molecule has 0 radical (unpaired) electrons. The molecule has 3 aliphatic rings. The molecule has 0 spiro atoms. The summed E-state index contributed by atoms with van der Waals surface area (Å²) in [6.45, 7) is 0. The van der Waals surface area contributed by atoms with Crippen molar-refractivity contribution < 1.29 is 13.1 Å². The maximum absolute atomic E-state index is 6.42. The van der Waals surface area contributed by atoms with Gasteiger partial charge in [-0.05, 0) is 44.9 Å². The summed E-state index contributed by atoms with van der Waals surface area (Å²) in [5.74, 6) is 0. The van der Waals surface area contributed by atoms with Crippen LogP contribution >= 0.6 is 66.6 Å². The van der Waals surface area contributed by atoms with E-state index in [1.807, 2.05) is 12.4 Å². The number of piperidine rings is 1. The van der Waals surface area contributed by atoms with E-state index in [0.717, 1.165) is 57.8 Å². The first-order valence-corrected chi connectivity index (χ1v) is 15.0. The molecule has 1 N–H and O–H groups in total. The van der Waals surface area contributed by atoms with Gasteiger partial charge in [0.2, 0.25) is 0 Å². The fraction of sp³-hybridized carbons (Fsp3) is 0.895. The van der Waals surface area contributed by atoms with Gasteiger partial charge in [0.25, 0.3) is 0 Å². The molecule has 0 aromatic rings. The van der Waals surface area contributed by atoms with Gasteiger partial charge in [0, 0.05) is 24.5 Å². The summed E-state index contributed by atoms with van der Waals surface area (Å²) in [5.41, 5.74) is 0. The molecule has 3 nitrogen and oxygen atoms in total. The van der Waals surface area contributed by atoms with E-state index in [1.165, 1.54) is 0 Å². The predicted octanol–water partition coefficient (Wildman–Crippen LogP) is 6.55. The number of halogens is 6. The first kappa shape index (κ1) is 26.8. The molecule has 0 aromatic heterocycles. The summed E-state index contributed by atoms with van der Waals surface area (Å²) in [5, 5.41) is 3.83. The third kappa shape index (κ3) is 9.14. The van der Waals surface area contributed by atoms with Crippen molar-refractivity contribution in [2.24, 2.45) is 9.98 Å². The summed E-state index contributed by atoms with van der Waals surface area (Å²) >= 11 is 25.9. The summed E-state index contributed by atoms with van der Waals surface area (Å²) in [7, 11) is 9.53. The molecule has 2 saturated carbocycles. The molecule has 170 valence electrons. The van der Waals surface area contributed by atoms with Crippen LogP contribution in [0.2, 0.25) is 0 Å². The molecule has 1 heterocycles. The van der Waals surface area contributed by atoms with Crippen molar-refractivity contribution in [3.05, 3.63) is 0 Å². The van der Waals surface area contributed by atoms with Crippen LogP contribution in [0, 0.1) is 0 Å². The summed E-state index contributed by atoms with van der Waals surface area (Å²) in [6.07, 6.45) is 13.6. The second kappa shape index (κ2) is 14.7. The SMILES string of the molecule is ClC1CCCC(Cl)C1N=CC1CCCC(C=NC2C(Cl)CCCC2Cl)N1.[Cl][Fe][Cl]. The summed E-state index contributed by atoms with van der Waals surface area (Å²) in [4.78, 5) is 9.48. The Labute approximate surface area is 209 Å². The molecule has 2 aliphatic carbocycles. The Morgan fingerprint density at radius 3 is 1.28 bits per heavy atom. The Balaban J connectivity index is 0.000000941. The van der Waals surface area contributed by atoms with Crippen LogP contribution in [-0.4, -0.2) is 58.1 Å². The van der Waals surface area contributed by atoms with E-state index in [1.54, 1.807) is 0 Å². The third-order valence-electron chi connectivity index (χ3n) is 5.74. The van der Waals surface area contributed by atoms with Crippen LogP contribution in [0.4, 0.5) is 0 Å². The van der Waals surface area contributed by atoms with Crippen molar-refractivity contribution in [3.8, 4) is 0 Å². The Hall–Kier alpha value is 1.56. The number of rotatable bonds is 4. The normalized spacial score (nSPS) is 41.4. The molecule has 0 amide bonds. The molecule has 29 heavy (non-hydrogen) atoms. The summed E-state index contributed by atoms with van der Waals surface area (Å²) < 4.78 is 0. The van der Waals surface area contributed by atoms with Gasteiger partial charge in [-0.1, -0.05) is 12.8 Å². The molecule has 6 atom stereocenters. The topological polar surface area (TPSA) is 36.8 Å². The van der Waals surface area contributed by atoms with Crippen LogP contribution in [0.1, 0.15) is 57.8 Å². The molecular weight excluding hydrogens is 539 g/mol. The fourth-order valence-corrected chi connectivity index (χ4v) is 5.90. The van der Waals surface area contributed by atoms with Gasteiger partial charge in [-0.3, -0.25) is 9.98 Å². The van der Waals surface area contributed by atoms with Gasteiger partial charge in [0.1, 0.15) is 0 Å². The fourth-order valence-electron chi connectivity index (χ4n) is 4.17. The molecule has 1 aliphatic heterocycles. The quantitative estimate of drug-likeness (QED) is 0.233.